The van der Waals surface area contributed by atoms with Gasteiger partial charge in [0, 0.05) is 24.0 Å². The molecule has 1 aliphatic rings. The SMILES string of the molecule is CCN(CC1CCC1)C(CN)c1coc2ccccc12. The number of para-hydroxylation sites is 1. The van der Waals surface area contributed by atoms with Crippen LogP contribution in [0, 0.1) is 5.92 Å². The van der Waals surface area contributed by atoms with Gasteiger partial charge in [-0.15, -0.1) is 0 Å². The van der Waals surface area contributed by atoms with Gasteiger partial charge >= 0.3 is 0 Å². The number of hydrogen-bond donors (Lipinski definition) is 1. The van der Waals surface area contributed by atoms with E-state index in [0.717, 1.165) is 24.6 Å². The highest BCUT2D eigenvalue weighted by Crippen LogP contribution is 2.33. The molecule has 1 heterocycles. The average molecular weight is 272 g/mol. The molecule has 1 unspecified atom stereocenters. The van der Waals surface area contributed by atoms with Crippen LogP contribution in [0.5, 0.6) is 0 Å². The van der Waals surface area contributed by atoms with Crippen molar-refractivity contribution in [2.24, 2.45) is 11.7 Å². The van der Waals surface area contributed by atoms with E-state index >= 15 is 0 Å². The van der Waals surface area contributed by atoms with Crippen LogP contribution < -0.4 is 5.73 Å². The number of nitrogens with two attached hydrogens (primary N) is 1. The van der Waals surface area contributed by atoms with Crippen LogP contribution in [-0.4, -0.2) is 24.5 Å². The average Bonchev–Trinajstić information content (AvgIpc) is 2.85. The zero-order valence-corrected chi connectivity index (χ0v) is 12.2. The van der Waals surface area contributed by atoms with Crippen LogP contribution in [-0.2, 0) is 0 Å². The molecule has 108 valence electrons. The molecule has 1 aliphatic carbocycles. The molecule has 2 aromatic rings. The third-order valence-corrected chi connectivity index (χ3v) is 4.66. The van der Waals surface area contributed by atoms with E-state index < -0.39 is 0 Å². The van der Waals surface area contributed by atoms with Crippen molar-refractivity contribution >= 4 is 11.0 Å². The largest absolute Gasteiger partial charge is 0.464 e. The molecular formula is C17H24N2O. The lowest BCUT2D eigenvalue weighted by atomic mass is 9.84. The molecule has 1 atom stereocenters. The fraction of sp³-hybridized carbons (Fsp3) is 0.529. The first-order chi connectivity index (χ1) is 9.83. The summed E-state index contributed by atoms with van der Waals surface area (Å²) in [6, 6.07) is 8.50. The van der Waals surface area contributed by atoms with Gasteiger partial charge in [0.25, 0.3) is 0 Å². The normalized spacial score (nSPS) is 17.6. The summed E-state index contributed by atoms with van der Waals surface area (Å²) in [6.45, 7) is 5.07. The molecule has 0 saturated heterocycles. The second-order valence-corrected chi connectivity index (χ2v) is 5.82. The summed E-state index contributed by atoms with van der Waals surface area (Å²) in [6.07, 6.45) is 6.04. The lowest BCUT2D eigenvalue weighted by Crippen LogP contribution is -2.38. The van der Waals surface area contributed by atoms with Crippen LogP contribution in [0.3, 0.4) is 0 Å². The number of hydrogen-bond acceptors (Lipinski definition) is 3. The van der Waals surface area contributed by atoms with E-state index in [4.69, 9.17) is 10.2 Å². The standard InChI is InChI=1S/C17H24N2O/c1-2-19(11-13-6-5-7-13)16(10-18)15-12-20-17-9-4-3-8-14(15)17/h3-4,8-9,12-13,16H,2,5-7,10-11,18H2,1H3. The van der Waals surface area contributed by atoms with E-state index in [2.05, 4.69) is 24.0 Å². The van der Waals surface area contributed by atoms with Gasteiger partial charge in [0.05, 0.1) is 12.3 Å². The molecule has 1 fully saturated rings. The number of nitrogens with zero attached hydrogens (tertiary/aromatic N) is 1. The Kier molecular flexibility index (Phi) is 4.08. The van der Waals surface area contributed by atoms with Crippen molar-refractivity contribution in [1.82, 2.24) is 4.90 Å². The minimum atomic E-state index is 0.268. The van der Waals surface area contributed by atoms with E-state index in [-0.39, 0.29) is 6.04 Å². The Morgan fingerprint density at radius 3 is 2.80 bits per heavy atom. The summed E-state index contributed by atoms with van der Waals surface area (Å²) >= 11 is 0. The van der Waals surface area contributed by atoms with Crippen LogP contribution in [0.2, 0.25) is 0 Å². The van der Waals surface area contributed by atoms with Gasteiger partial charge in [-0.25, -0.2) is 0 Å². The fourth-order valence-electron chi connectivity index (χ4n) is 3.21. The molecule has 3 nitrogen and oxygen atoms in total. The van der Waals surface area contributed by atoms with Gasteiger partial charge < -0.3 is 10.2 Å². The molecule has 0 spiro atoms. The molecule has 0 aliphatic heterocycles. The molecule has 3 rings (SSSR count). The molecular weight excluding hydrogens is 248 g/mol. The van der Waals surface area contributed by atoms with Gasteiger partial charge in [-0.1, -0.05) is 31.5 Å². The molecule has 1 aromatic heterocycles. The van der Waals surface area contributed by atoms with E-state index in [1.54, 1.807) is 0 Å². The zero-order valence-electron chi connectivity index (χ0n) is 12.2. The summed E-state index contributed by atoms with van der Waals surface area (Å²) < 4.78 is 5.69. The lowest BCUT2D eigenvalue weighted by molar-refractivity contribution is 0.141. The molecule has 2 N–H and O–H groups in total. The van der Waals surface area contributed by atoms with Gasteiger partial charge in [-0.3, -0.25) is 4.90 Å². The maximum atomic E-state index is 6.08. The topological polar surface area (TPSA) is 42.4 Å². The highest BCUT2D eigenvalue weighted by Gasteiger charge is 2.26. The molecule has 20 heavy (non-hydrogen) atoms. The van der Waals surface area contributed by atoms with Crippen molar-refractivity contribution < 1.29 is 4.42 Å². The van der Waals surface area contributed by atoms with Crippen molar-refractivity contribution in [2.45, 2.75) is 32.2 Å². The van der Waals surface area contributed by atoms with Crippen LogP contribution >= 0.6 is 0 Å². The molecule has 0 bridgehead atoms. The van der Waals surface area contributed by atoms with Gasteiger partial charge in [-0.05, 0) is 31.4 Å². The van der Waals surface area contributed by atoms with Crippen LogP contribution in [0.25, 0.3) is 11.0 Å². The van der Waals surface area contributed by atoms with Crippen molar-refractivity contribution in [3.63, 3.8) is 0 Å². The molecule has 3 heteroatoms. The van der Waals surface area contributed by atoms with Crippen molar-refractivity contribution in [1.29, 1.82) is 0 Å². The number of furan rings is 1. The first-order valence-electron chi connectivity index (χ1n) is 7.73. The van der Waals surface area contributed by atoms with Gasteiger partial charge in [0.15, 0.2) is 0 Å². The van der Waals surface area contributed by atoms with Crippen molar-refractivity contribution in [3.05, 3.63) is 36.1 Å². The van der Waals surface area contributed by atoms with Gasteiger partial charge in [0.1, 0.15) is 5.58 Å². The smallest absolute Gasteiger partial charge is 0.134 e. The van der Waals surface area contributed by atoms with Crippen LogP contribution in [0.1, 0.15) is 37.8 Å². The molecule has 0 amide bonds. The quantitative estimate of drug-likeness (QED) is 0.874. The summed E-state index contributed by atoms with van der Waals surface area (Å²) in [5.41, 5.74) is 8.28. The third kappa shape index (κ3) is 2.48. The Morgan fingerprint density at radius 2 is 2.15 bits per heavy atom. The molecule has 1 saturated carbocycles. The number of benzene rings is 1. The predicted octanol–water partition coefficient (Wildman–Crippen LogP) is 3.55. The summed E-state index contributed by atoms with van der Waals surface area (Å²) in [7, 11) is 0. The Labute approximate surface area is 120 Å². The van der Waals surface area contributed by atoms with Crippen LogP contribution in [0.4, 0.5) is 0 Å². The summed E-state index contributed by atoms with van der Waals surface area (Å²) in [4.78, 5) is 2.51. The van der Waals surface area contributed by atoms with E-state index in [1.165, 1.54) is 30.2 Å². The zero-order chi connectivity index (χ0) is 13.9. The number of likely N-dealkylation sites (N-methyl/N-ethyl adjacent to an activating group) is 1. The first-order valence-corrected chi connectivity index (χ1v) is 7.73. The van der Waals surface area contributed by atoms with Gasteiger partial charge in [-0.2, -0.15) is 0 Å². The van der Waals surface area contributed by atoms with E-state index in [9.17, 15) is 0 Å². The Balaban J connectivity index is 1.86. The maximum Gasteiger partial charge on any atom is 0.134 e. The maximum absolute atomic E-state index is 6.08. The minimum absolute atomic E-state index is 0.268. The third-order valence-electron chi connectivity index (χ3n) is 4.66. The summed E-state index contributed by atoms with van der Waals surface area (Å²) in [5.74, 6) is 0.863. The summed E-state index contributed by atoms with van der Waals surface area (Å²) in [5, 5.41) is 1.20. The molecule has 0 radical (unpaired) electrons. The lowest BCUT2D eigenvalue weighted by Gasteiger charge is -2.36. The fourth-order valence-corrected chi connectivity index (χ4v) is 3.21. The molecule has 1 aromatic carbocycles. The minimum Gasteiger partial charge on any atom is -0.464 e. The Bertz CT molecular complexity index is 559. The predicted molar refractivity (Wildman–Crippen MR) is 82.6 cm³/mol. The monoisotopic (exact) mass is 272 g/mol. The highest BCUT2D eigenvalue weighted by molar-refractivity contribution is 5.81. The van der Waals surface area contributed by atoms with E-state index in [1.807, 2.05) is 18.4 Å². The van der Waals surface area contributed by atoms with Crippen molar-refractivity contribution in [2.75, 3.05) is 19.6 Å². The van der Waals surface area contributed by atoms with E-state index in [0.29, 0.717) is 6.54 Å². The number of fused-ring (bicyclic) bond motifs is 1. The Hall–Kier alpha value is -1.32. The number of rotatable bonds is 6. The first kappa shape index (κ1) is 13.7. The van der Waals surface area contributed by atoms with Crippen molar-refractivity contribution in [3.8, 4) is 0 Å². The Morgan fingerprint density at radius 1 is 1.35 bits per heavy atom. The highest BCUT2D eigenvalue weighted by atomic mass is 16.3. The second-order valence-electron chi connectivity index (χ2n) is 5.82. The second kappa shape index (κ2) is 5.98. The van der Waals surface area contributed by atoms with Crippen LogP contribution in [0.15, 0.2) is 34.9 Å². The van der Waals surface area contributed by atoms with Gasteiger partial charge in [0.2, 0.25) is 0 Å².